The second-order valence-corrected chi connectivity index (χ2v) is 42.4. The number of Topliss-reactive ketones (excluding diaryl/α,β-unsaturated/α-hetero) is 5. The molecule has 4 fully saturated rings. The molecule has 0 spiro atoms. The number of ether oxygens (including phenoxy) is 8. The van der Waals surface area contributed by atoms with Gasteiger partial charge in [0.15, 0.2) is 17.3 Å². The van der Waals surface area contributed by atoms with Crippen LogP contribution in [-0.2, 0) is 97.1 Å². The third-order valence-electron chi connectivity index (χ3n) is 31.3. The van der Waals surface area contributed by atoms with E-state index in [1.807, 2.05) is 89.2 Å². The minimum atomic E-state index is -4.05. The predicted molar refractivity (Wildman–Crippen MR) is 493 cm³/mol. The van der Waals surface area contributed by atoms with Crippen molar-refractivity contribution in [3.8, 4) is 0 Å². The molecule has 16 atom stereocenters. The van der Waals surface area contributed by atoms with Gasteiger partial charge in [-0.05, 0) is 129 Å². The predicted octanol–water partition coefficient (Wildman–Crippen LogP) is 15.4. The Kier molecular flexibility index (Phi) is 26.7. The molecule has 12 aliphatic rings. The number of nitro benzene ring substituents is 1. The van der Waals surface area contributed by atoms with Crippen LogP contribution in [0.2, 0.25) is 0 Å². The Morgan fingerprint density at radius 3 is 1.64 bits per heavy atom. The number of non-ortho nitro benzene ring substituents is 1. The number of nitro groups is 1. The molecule has 3 aliphatic heterocycles. The monoisotopic (exact) mass is 1960 g/mol. The number of hydrazone groups is 1. The molecule has 36 heteroatoms. The number of esters is 7. The van der Waals surface area contributed by atoms with Crippen molar-refractivity contribution in [3.63, 3.8) is 0 Å². The van der Waals surface area contributed by atoms with Crippen LogP contribution in [0.5, 0.6) is 0 Å². The van der Waals surface area contributed by atoms with E-state index in [0.29, 0.717) is 151 Å². The summed E-state index contributed by atoms with van der Waals surface area (Å²) in [5, 5.41) is 26.5. The first-order valence-electron chi connectivity index (χ1n) is 45.1. The second-order valence-electron chi connectivity index (χ2n) is 38.4. The number of imidazole rings is 1. The minimum absolute atomic E-state index is 0.00288. The Hall–Kier alpha value is -11.5. The number of rotatable bonds is 22. The number of ketones is 5. The molecule has 3 saturated carbocycles. The van der Waals surface area contributed by atoms with E-state index < -0.39 is 154 Å². The molecular formula is C99H113BrN6O27S2. The number of aryl methyl sites for hydroxylation is 1. The van der Waals surface area contributed by atoms with Crippen LogP contribution >= 0.6 is 27.7 Å². The number of cyclic esters (lactones) is 3. The van der Waals surface area contributed by atoms with Gasteiger partial charge in [0.25, 0.3) is 15.7 Å². The fourth-order valence-electron chi connectivity index (χ4n) is 24.0. The lowest BCUT2D eigenvalue weighted by atomic mass is 9.48. The summed E-state index contributed by atoms with van der Waals surface area (Å²) in [6, 6.07) is 7.32. The van der Waals surface area contributed by atoms with E-state index in [4.69, 9.17) is 46.7 Å². The van der Waals surface area contributed by atoms with Crippen LogP contribution in [0.3, 0.4) is 0 Å². The average Bonchev–Trinajstić information content (AvgIpc) is 1.60. The summed E-state index contributed by atoms with van der Waals surface area (Å²) in [6.07, 6.45) is 12.5. The number of carbonyl (C=O) groups is 12. The maximum atomic E-state index is 14.3. The topological polar surface area (TPSA) is 439 Å². The van der Waals surface area contributed by atoms with E-state index >= 15 is 0 Å². The van der Waals surface area contributed by atoms with Gasteiger partial charge in [0, 0.05) is 174 Å². The highest BCUT2D eigenvalue weighted by Crippen LogP contribution is 2.72. The number of methoxy groups -OCH3 is 1. The van der Waals surface area contributed by atoms with Crippen LogP contribution < -0.4 is 0 Å². The number of hydrogen-bond acceptors (Lipinski definition) is 31. The summed E-state index contributed by atoms with van der Waals surface area (Å²) in [6.45, 7) is 37.4. The summed E-state index contributed by atoms with van der Waals surface area (Å²) in [7, 11) is -1.17. The number of allylic oxidation sites excluding steroid dienone is 3. The number of aliphatic hydroxyl groups excluding tert-OH is 1. The first-order chi connectivity index (χ1) is 63.4. The molecule has 7 heterocycles. The molecule has 1 aromatic carbocycles. The molecule has 0 bridgehead atoms. The van der Waals surface area contributed by atoms with E-state index in [-0.39, 0.29) is 92.1 Å². The van der Waals surface area contributed by atoms with Gasteiger partial charge in [0.05, 0.1) is 62.1 Å². The second kappa shape index (κ2) is 36.2. The number of aromatic nitrogens is 2. The zero-order valence-electron chi connectivity index (χ0n) is 78.9. The van der Waals surface area contributed by atoms with E-state index in [0.717, 1.165) is 15.0 Å². The zero-order chi connectivity index (χ0) is 98.8. The number of halogens is 1. The Balaban J connectivity index is 0.000000146. The standard InChI is InChI=1S/C30H37NO7.C29H36O9S.C24H26O7.C16H14BrN5O4S/c1-8-13-31(14-9-2)16-18-22-25(34)26(35)24-23(30(22,7)21(10-3)38-27(18)36)19(37-17(4)32)15-29(6)20(33)11-12-28(24,29)5;1-7-18-29(5)21-16(26(33)38-18)13-35-25(21)24(32)23-22(29)17(36-15(2)30)12-28(4)19(8-9-27(23,28)3)37-20(31)14-39-11-10-34-6;1-6-15-24(5)16-12(21(28)31-15)10-29-20(16)19(27)18-17(24)13(30-11(2)25)9-23(4)14(26)7-8-22(18,23)3;1-11-3-5-13(22(23)24)7-15(11)27(25,26)20(2)19-9-14-8-18-16-6-4-12(17)10-21(14)16/h8-9,16,19,21,34H,1-2,10-15H2,3-7H3;13,17-19H,7-12,14H2,1-6H3;10,13,15H,6-9H2,1-5H3;3-10H,1-2H3/b18-16+;;;19-9+/t19-,21-,28+,29-,30+;17-,18-,19+,27+,28-,29+;13-,15-,22+,23-,24+;/m111./s1. The van der Waals surface area contributed by atoms with Gasteiger partial charge in [0.1, 0.15) is 83.6 Å². The minimum Gasteiger partial charge on any atom is -0.504 e. The molecule has 5 aromatic rings. The number of fused-ring (bicyclic) bond motifs is 11. The van der Waals surface area contributed by atoms with Gasteiger partial charge < -0.3 is 56.7 Å². The number of hydrogen-bond donors (Lipinski definition) is 1. The molecule has 4 aromatic heterocycles. The van der Waals surface area contributed by atoms with Gasteiger partial charge in [-0.3, -0.25) is 57.7 Å². The number of pyridine rings is 1. The molecular weight excluding hydrogens is 1850 g/mol. The first kappa shape index (κ1) is 99.5. The van der Waals surface area contributed by atoms with Crippen LogP contribution in [0.1, 0.15) is 245 Å². The SMILES string of the molecule is C=CCN(/C=C1/C(=O)O[C@H](CC)[C@@]2(C)C1=C(O)C(=O)C1=C2[C@H](OC(C)=O)C[C@]2(C)C(=O)CC[C@@]12C)CC=C.CC[C@H]1OC(=O)c2coc3c2[C@@]1(C)C1=C(C3=O)[C@]2(C)CCC(=O)[C@@]2(C)C[C@H]1OC(C)=O.CC[C@H]1OC(=O)c2coc3c2[C@@]1(C)C1=C(C3=O)[C@]2(C)CC[C@H](OC(=O)CSCCOC)[C@@]2(C)C[C@H]1OC(C)=O.Cc1ccc([N+](=O)[O-])cc1S(=O)(=O)N(C)/N=C/c1cnc2ccc(Br)cn12. The Labute approximate surface area is 794 Å². The highest BCUT2D eigenvalue weighted by atomic mass is 79.9. The van der Waals surface area contributed by atoms with Crippen LogP contribution in [0, 0.1) is 54.9 Å². The van der Waals surface area contributed by atoms with Crippen molar-refractivity contribution in [2.45, 2.75) is 246 Å². The molecule has 1 saturated heterocycles. The van der Waals surface area contributed by atoms with E-state index in [2.05, 4.69) is 39.2 Å². The van der Waals surface area contributed by atoms with E-state index in [1.54, 1.807) is 60.1 Å². The molecule has 0 unspecified atom stereocenters. The summed E-state index contributed by atoms with van der Waals surface area (Å²) in [5.74, 6) is -4.07. The zero-order valence-corrected chi connectivity index (χ0v) is 82.1. The van der Waals surface area contributed by atoms with Crippen molar-refractivity contribution >= 4 is 126 Å². The van der Waals surface area contributed by atoms with Gasteiger partial charge >= 0.3 is 41.8 Å². The number of nitrogens with zero attached hydrogens (tertiary/aromatic N) is 6. The lowest BCUT2D eigenvalue weighted by molar-refractivity contribution is -0.385. The normalized spacial score (nSPS) is 31.2. The molecule has 720 valence electrons. The van der Waals surface area contributed by atoms with E-state index in [1.165, 1.54) is 70.5 Å². The number of carbonyl (C=O) groups excluding carboxylic acids is 12. The fourth-order valence-corrected chi connectivity index (χ4v) is 26.2. The van der Waals surface area contributed by atoms with E-state index in [9.17, 15) is 81.2 Å². The van der Waals surface area contributed by atoms with Crippen molar-refractivity contribution in [2.24, 2.45) is 43.0 Å². The van der Waals surface area contributed by atoms with Gasteiger partial charge in [-0.15, -0.1) is 24.9 Å². The fraction of sp³-hybridized carbons (Fsp3) is 0.515. The number of benzene rings is 1. The molecule has 9 aliphatic carbocycles. The molecule has 0 amide bonds. The summed E-state index contributed by atoms with van der Waals surface area (Å²) < 4.78 is 86.7. The van der Waals surface area contributed by atoms with Crippen molar-refractivity contribution < 1.29 is 123 Å². The van der Waals surface area contributed by atoms with Crippen molar-refractivity contribution in [2.75, 3.05) is 45.4 Å². The first-order valence-corrected chi connectivity index (χ1v) is 48.5. The lowest BCUT2D eigenvalue weighted by Crippen LogP contribution is -2.59. The van der Waals surface area contributed by atoms with Crippen LogP contribution in [0.4, 0.5) is 5.69 Å². The number of furan rings is 2. The molecule has 1 N–H and O–H groups in total. The largest absolute Gasteiger partial charge is 0.504 e. The maximum absolute atomic E-state index is 14.3. The number of sulfonamides is 1. The number of thioether (sulfide) groups is 1. The molecule has 33 nitrogen and oxygen atoms in total. The van der Waals surface area contributed by atoms with Crippen LogP contribution in [0.15, 0.2) is 160 Å². The van der Waals surface area contributed by atoms with Gasteiger partial charge in [-0.1, -0.05) is 80.5 Å². The Bertz CT molecular complexity index is 6270. The maximum Gasteiger partial charge on any atom is 0.342 e. The van der Waals surface area contributed by atoms with Gasteiger partial charge in [0.2, 0.25) is 17.3 Å². The van der Waals surface area contributed by atoms with Crippen molar-refractivity contribution in [1.29, 1.82) is 0 Å². The molecule has 17 rings (SSSR count). The molecule has 0 radical (unpaired) electrons. The Morgan fingerprint density at radius 1 is 0.667 bits per heavy atom. The van der Waals surface area contributed by atoms with Crippen molar-refractivity contribution in [3.05, 3.63) is 197 Å². The summed E-state index contributed by atoms with van der Waals surface area (Å²) >= 11 is 4.81. The van der Waals surface area contributed by atoms with Gasteiger partial charge in [-0.2, -0.15) is 17.9 Å². The quantitative estimate of drug-likeness (QED) is 0.00982. The highest BCUT2D eigenvalue weighted by molar-refractivity contribution is 9.10. The summed E-state index contributed by atoms with van der Waals surface area (Å²) in [4.78, 5) is 173. The smallest absolute Gasteiger partial charge is 0.342 e. The lowest BCUT2D eigenvalue weighted by Gasteiger charge is -2.56. The number of aliphatic hydroxyl groups is 1. The van der Waals surface area contributed by atoms with Gasteiger partial charge in [-0.25, -0.2) is 19.4 Å². The van der Waals surface area contributed by atoms with Crippen LogP contribution in [-0.4, -0.2) is 202 Å². The summed E-state index contributed by atoms with van der Waals surface area (Å²) in [5.41, 5.74) is -1.49. The average molecular weight is 1960 g/mol. The third-order valence-corrected chi connectivity index (χ3v) is 34.5. The third kappa shape index (κ3) is 15.5. The Morgan fingerprint density at radius 2 is 1.15 bits per heavy atom. The molecule has 135 heavy (non-hydrogen) atoms. The van der Waals surface area contributed by atoms with Crippen molar-refractivity contribution in [1.82, 2.24) is 18.7 Å². The highest BCUT2D eigenvalue weighted by Gasteiger charge is 2.73. The van der Waals surface area contributed by atoms with Crippen LogP contribution in [0.25, 0.3) is 5.65 Å².